The number of benzene rings is 2. The SMILES string of the molecule is Cc1ccc(C(O)=C2C(=O)C(=O)N(CCC(=O)O)[C@H]2c2ccc(C)cc2)cc1. The number of carbonyl (C=O) groups excluding carboxylic acids is 2. The Morgan fingerprint density at radius 2 is 1.46 bits per heavy atom. The molecule has 0 bridgehead atoms. The minimum atomic E-state index is -1.07. The third-order valence-corrected chi connectivity index (χ3v) is 4.82. The highest BCUT2D eigenvalue weighted by Crippen LogP contribution is 2.39. The highest BCUT2D eigenvalue weighted by Gasteiger charge is 2.45. The fourth-order valence-electron chi connectivity index (χ4n) is 3.29. The van der Waals surface area contributed by atoms with Gasteiger partial charge in [-0.05, 0) is 19.4 Å². The van der Waals surface area contributed by atoms with Crippen LogP contribution in [0.1, 0.15) is 34.7 Å². The van der Waals surface area contributed by atoms with Gasteiger partial charge in [-0.25, -0.2) is 0 Å². The van der Waals surface area contributed by atoms with E-state index in [-0.39, 0.29) is 24.3 Å². The van der Waals surface area contributed by atoms with Crippen molar-refractivity contribution in [3.63, 3.8) is 0 Å². The number of carboxylic acids is 1. The number of aliphatic carboxylic acids is 1. The summed E-state index contributed by atoms with van der Waals surface area (Å²) in [6, 6.07) is 13.4. The number of aryl methyl sites for hydroxylation is 2. The van der Waals surface area contributed by atoms with Crippen molar-refractivity contribution in [2.75, 3.05) is 6.54 Å². The highest BCUT2D eigenvalue weighted by atomic mass is 16.4. The predicted molar refractivity (Wildman–Crippen MR) is 104 cm³/mol. The molecule has 0 spiro atoms. The minimum Gasteiger partial charge on any atom is -0.507 e. The maximum atomic E-state index is 12.7. The summed E-state index contributed by atoms with van der Waals surface area (Å²) < 4.78 is 0. The monoisotopic (exact) mass is 379 g/mol. The molecule has 6 heteroatoms. The Morgan fingerprint density at radius 1 is 0.929 bits per heavy atom. The first-order chi connectivity index (χ1) is 13.3. The number of ketones is 1. The van der Waals surface area contributed by atoms with Gasteiger partial charge in [-0.2, -0.15) is 0 Å². The van der Waals surface area contributed by atoms with Gasteiger partial charge in [-0.15, -0.1) is 0 Å². The molecule has 1 heterocycles. The standard InChI is InChI=1S/C22H21NO5/c1-13-3-7-15(8-4-13)19-18(20(26)16-9-5-14(2)6-10-16)21(27)22(28)23(19)12-11-17(24)25/h3-10,19,26H,11-12H2,1-2H3,(H,24,25)/t19-/m0/s1. The Hall–Kier alpha value is -3.41. The zero-order valence-electron chi connectivity index (χ0n) is 15.7. The molecule has 1 fully saturated rings. The molecule has 2 aromatic rings. The van der Waals surface area contributed by atoms with E-state index >= 15 is 0 Å². The lowest BCUT2D eigenvalue weighted by molar-refractivity contribution is -0.142. The number of carbonyl (C=O) groups is 3. The topological polar surface area (TPSA) is 94.9 Å². The lowest BCUT2D eigenvalue weighted by Crippen LogP contribution is -2.31. The molecular weight excluding hydrogens is 358 g/mol. The highest BCUT2D eigenvalue weighted by molar-refractivity contribution is 6.46. The van der Waals surface area contributed by atoms with E-state index < -0.39 is 23.7 Å². The van der Waals surface area contributed by atoms with Crippen LogP contribution in [-0.2, 0) is 14.4 Å². The number of hydrogen-bond acceptors (Lipinski definition) is 4. The fraction of sp³-hybridized carbons (Fsp3) is 0.227. The van der Waals surface area contributed by atoms with Gasteiger partial charge >= 0.3 is 5.97 Å². The van der Waals surface area contributed by atoms with E-state index in [1.807, 2.05) is 26.0 Å². The van der Waals surface area contributed by atoms with Gasteiger partial charge in [0.05, 0.1) is 18.0 Å². The summed E-state index contributed by atoms with van der Waals surface area (Å²) in [5.41, 5.74) is 3.05. The maximum absolute atomic E-state index is 12.7. The number of carboxylic acid groups (broad SMARTS) is 1. The van der Waals surface area contributed by atoms with Crippen molar-refractivity contribution in [3.05, 3.63) is 76.4 Å². The van der Waals surface area contributed by atoms with Gasteiger partial charge in [0, 0.05) is 12.1 Å². The lowest BCUT2D eigenvalue weighted by Gasteiger charge is -2.25. The quantitative estimate of drug-likeness (QED) is 0.473. The van der Waals surface area contributed by atoms with Gasteiger partial charge in [0.1, 0.15) is 5.76 Å². The van der Waals surface area contributed by atoms with Crippen molar-refractivity contribution in [1.82, 2.24) is 4.90 Å². The van der Waals surface area contributed by atoms with Crippen molar-refractivity contribution in [2.45, 2.75) is 26.3 Å². The third-order valence-electron chi connectivity index (χ3n) is 4.82. The molecule has 1 aliphatic rings. The first-order valence-corrected chi connectivity index (χ1v) is 8.93. The lowest BCUT2D eigenvalue weighted by atomic mass is 9.94. The van der Waals surface area contributed by atoms with Gasteiger partial charge in [0.2, 0.25) is 0 Å². The van der Waals surface area contributed by atoms with E-state index in [1.165, 1.54) is 4.90 Å². The van der Waals surface area contributed by atoms with E-state index in [2.05, 4.69) is 0 Å². The van der Waals surface area contributed by atoms with Crippen LogP contribution in [0.2, 0.25) is 0 Å². The van der Waals surface area contributed by atoms with Crippen molar-refractivity contribution < 1.29 is 24.6 Å². The molecular formula is C22H21NO5. The smallest absolute Gasteiger partial charge is 0.305 e. The van der Waals surface area contributed by atoms with Gasteiger partial charge < -0.3 is 15.1 Å². The second kappa shape index (κ2) is 7.68. The van der Waals surface area contributed by atoms with E-state index in [9.17, 15) is 19.5 Å². The summed E-state index contributed by atoms with van der Waals surface area (Å²) >= 11 is 0. The summed E-state index contributed by atoms with van der Waals surface area (Å²) in [6.07, 6.45) is -0.292. The number of aliphatic hydroxyl groups is 1. The molecule has 144 valence electrons. The number of aliphatic hydroxyl groups excluding tert-OH is 1. The van der Waals surface area contributed by atoms with Crippen LogP contribution in [-0.4, -0.2) is 39.3 Å². The number of nitrogens with zero attached hydrogens (tertiary/aromatic N) is 1. The van der Waals surface area contributed by atoms with Crippen LogP contribution in [0.25, 0.3) is 5.76 Å². The average molecular weight is 379 g/mol. The number of hydrogen-bond donors (Lipinski definition) is 2. The van der Waals surface area contributed by atoms with Gasteiger partial charge in [-0.1, -0.05) is 59.7 Å². The Kier molecular flexibility index (Phi) is 5.31. The molecule has 1 aliphatic heterocycles. The van der Waals surface area contributed by atoms with Crippen LogP contribution in [0.3, 0.4) is 0 Å². The molecule has 28 heavy (non-hydrogen) atoms. The number of rotatable bonds is 5. The molecule has 0 saturated carbocycles. The zero-order chi connectivity index (χ0) is 20.4. The van der Waals surface area contributed by atoms with Crippen LogP contribution in [0.4, 0.5) is 0 Å². The second-order valence-corrected chi connectivity index (χ2v) is 6.91. The van der Waals surface area contributed by atoms with E-state index in [0.717, 1.165) is 11.1 Å². The Balaban J connectivity index is 2.14. The molecule has 1 amide bonds. The Morgan fingerprint density at radius 3 is 2.00 bits per heavy atom. The molecule has 1 saturated heterocycles. The van der Waals surface area contributed by atoms with Crippen LogP contribution >= 0.6 is 0 Å². The molecule has 3 rings (SSSR count). The summed E-state index contributed by atoms with van der Waals surface area (Å²) in [4.78, 5) is 37.6. The van der Waals surface area contributed by atoms with E-state index in [0.29, 0.717) is 11.1 Å². The molecule has 0 aromatic heterocycles. The predicted octanol–water partition coefficient (Wildman–Crippen LogP) is 3.20. The van der Waals surface area contributed by atoms with Crippen molar-refractivity contribution in [2.24, 2.45) is 0 Å². The summed E-state index contributed by atoms with van der Waals surface area (Å²) in [6.45, 7) is 3.70. The van der Waals surface area contributed by atoms with Gasteiger partial charge in [0.15, 0.2) is 0 Å². The van der Waals surface area contributed by atoms with Crippen LogP contribution < -0.4 is 0 Å². The number of amides is 1. The molecule has 0 aliphatic carbocycles. The Labute approximate surface area is 162 Å². The molecule has 1 atom stereocenters. The van der Waals surface area contributed by atoms with Crippen LogP contribution in [0, 0.1) is 13.8 Å². The molecule has 2 aromatic carbocycles. The maximum Gasteiger partial charge on any atom is 0.305 e. The Bertz CT molecular complexity index is 957. The normalized spacial score (nSPS) is 18.5. The first-order valence-electron chi connectivity index (χ1n) is 8.93. The molecule has 0 radical (unpaired) electrons. The third kappa shape index (κ3) is 3.67. The minimum absolute atomic E-state index is 0.0249. The van der Waals surface area contributed by atoms with Gasteiger partial charge in [0.25, 0.3) is 11.7 Å². The number of Topliss-reactive ketones (excluding diaryl/α,β-unsaturated/α-hetero) is 1. The summed E-state index contributed by atoms with van der Waals surface area (Å²) in [7, 11) is 0. The molecule has 6 nitrogen and oxygen atoms in total. The first kappa shape index (κ1) is 19.4. The van der Waals surface area contributed by atoms with Gasteiger partial charge in [-0.3, -0.25) is 14.4 Å². The van der Waals surface area contributed by atoms with Crippen LogP contribution in [0.5, 0.6) is 0 Å². The second-order valence-electron chi connectivity index (χ2n) is 6.91. The fourth-order valence-corrected chi connectivity index (χ4v) is 3.29. The summed E-state index contributed by atoms with van der Waals surface area (Å²) in [5.74, 6) is -2.95. The van der Waals surface area contributed by atoms with E-state index in [1.54, 1.807) is 36.4 Å². The van der Waals surface area contributed by atoms with E-state index in [4.69, 9.17) is 5.11 Å². The largest absolute Gasteiger partial charge is 0.507 e. The van der Waals surface area contributed by atoms with Crippen molar-refractivity contribution >= 4 is 23.4 Å². The summed E-state index contributed by atoms with van der Waals surface area (Å²) in [5, 5.41) is 19.9. The average Bonchev–Trinajstić information content (AvgIpc) is 2.91. The zero-order valence-corrected chi connectivity index (χ0v) is 15.7. The van der Waals surface area contributed by atoms with Crippen LogP contribution in [0.15, 0.2) is 54.1 Å². The van der Waals surface area contributed by atoms with Crippen molar-refractivity contribution in [1.29, 1.82) is 0 Å². The number of likely N-dealkylation sites (tertiary alicyclic amines) is 1. The molecule has 2 N–H and O–H groups in total. The van der Waals surface area contributed by atoms with Crippen molar-refractivity contribution in [3.8, 4) is 0 Å². The molecule has 0 unspecified atom stereocenters.